The lowest BCUT2D eigenvalue weighted by atomic mass is 10.1. The van der Waals surface area contributed by atoms with Gasteiger partial charge in [-0.05, 0) is 43.4 Å². The fourth-order valence-corrected chi connectivity index (χ4v) is 3.84. The number of H-pyrrole nitrogens is 1. The van der Waals surface area contributed by atoms with Crippen molar-refractivity contribution in [2.45, 2.75) is 38.5 Å². The summed E-state index contributed by atoms with van der Waals surface area (Å²) < 4.78 is 0. The van der Waals surface area contributed by atoms with Gasteiger partial charge in [-0.3, -0.25) is 5.10 Å². The molecule has 3 fully saturated rings. The van der Waals surface area contributed by atoms with Gasteiger partial charge in [0, 0.05) is 17.2 Å². The van der Waals surface area contributed by atoms with Crippen LogP contribution in [-0.4, -0.2) is 10.2 Å². The molecule has 4 rings (SSSR count). The Balaban J connectivity index is 1.81. The lowest BCUT2D eigenvalue weighted by Gasteiger charge is -1.95. The summed E-state index contributed by atoms with van der Waals surface area (Å²) in [5.41, 5.74) is 9.74. The summed E-state index contributed by atoms with van der Waals surface area (Å²) in [6.07, 6.45) is 5.76. The van der Waals surface area contributed by atoms with Crippen molar-refractivity contribution < 1.29 is 0 Å². The van der Waals surface area contributed by atoms with Gasteiger partial charge in [-0.1, -0.05) is 0 Å². The molecule has 14 heavy (non-hydrogen) atoms. The molecule has 74 valence electrons. The Bertz CT molecular complexity index is 406. The summed E-state index contributed by atoms with van der Waals surface area (Å²) in [6.45, 7) is 2.10. The molecule has 3 aliphatic carbocycles. The van der Waals surface area contributed by atoms with E-state index in [0.29, 0.717) is 16.6 Å². The van der Waals surface area contributed by atoms with Crippen LogP contribution in [0.3, 0.4) is 0 Å². The monoisotopic (exact) mass is 189 g/mol. The Morgan fingerprint density at radius 3 is 2.21 bits per heavy atom. The molecular formula is C11H15N3. The number of fused-ring (bicyclic) bond motifs is 1. The summed E-state index contributed by atoms with van der Waals surface area (Å²) >= 11 is 0. The van der Waals surface area contributed by atoms with E-state index < -0.39 is 0 Å². The molecule has 2 spiro atoms. The van der Waals surface area contributed by atoms with Gasteiger partial charge < -0.3 is 5.73 Å². The zero-order valence-electron chi connectivity index (χ0n) is 8.43. The standard InChI is InChI=1S/C11H15N3/c1-6-7(13-14-9(6)12)8-10(2-3-10)11(8)4-5-11/h8H,2-5H2,1H3,(H3,12,13,14). The van der Waals surface area contributed by atoms with Crippen molar-refractivity contribution in [1.82, 2.24) is 10.2 Å². The molecule has 0 saturated heterocycles. The molecule has 0 aromatic carbocycles. The molecule has 1 heterocycles. The van der Waals surface area contributed by atoms with Gasteiger partial charge in [0.25, 0.3) is 0 Å². The first-order chi connectivity index (χ1) is 6.71. The number of rotatable bonds is 1. The van der Waals surface area contributed by atoms with Gasteiger partial charge in [-0.2, -0.15) is 5.10 Å². The van der Waals surface area contributed by atoms with Crippen molar-refractivity contribution in [1.29, 1.82) is 0 Å². The van der Waals surface area contributed by atoms with Crippen LogP contribution in [0.25, 0.3) is 0 Å². The number of anilines is 1. The van der Waals surface area contributed by atoms with Crippen LogP contribution in [-0.2, 0) is 0 Å². The van der Waals surface area contributed by atoms with E-state index >= 15 is 0 Å². The average molecular weight is 189 g/mol. The first kappa shape index (κ1) is 7.32. The number of hydrogen-bond acceptors (Lipinski definition) is 2. The molecule has 0 atom stereocenters. The van der Waals surface area contributed by atoms with Crippen molar-refractivity contribution in [2.24, 2.45) is 10.8 Å². The number of nitrogens with one attached hydrogen (secondary N) is 1. The molecular weight excluding hydrogens is 174 g/mol. The number of aromatic nitrogens is 2. The maximum absolute atomic E-state index is 5.78. The van der Waals surface area contributed by atoms with Crippen molar-refractivity contribution in [3.8, 4) is 0 Å². The fourth-order valence-electron chi connectivity index (χ4n) is 3.84. The van der Waals surface area contributed by atoms with Crippen molar-refractivity contribution in [3.63, 3.8) is 0 Å². The molecule has 0 unspecified atom stereocenters. The first-order valence-electron chi connectivity index (χ1n) is 5.52. The van der Waals surface area contributed by atoms with Crippen molar-refractivity contribution >= 4 is 5.82 Å². The Hall–Kier alpha value is -0.990. The van der Waals surface area contributed by atoms with Crippen molar-refractivity contribution in [3.05, 3.63) is 11.3 Å². The first-order valence-corrected chi connectivity index (χ1v) is 5.52. The minimum Gasteiger partial charge on any atom is -0.382 e. The maximum Gasteiger partial charge on any atom is 0.148 e. The zero-order valence-corrected chi connectivity index (χ0v) is 8.43. The molecule has 0 amide bonds. The maximum atomic E-state index is 5.78. The van der Waals surface area contributed by atoms with Crippen LogP contribution in [0.4, 0.5) is 5.82 Å². The predicted octanol–water partition coefficient (Wildman–Crippen LogP) is 1.96. The third kappa shape index (κ3) is 0.545. The molecule has 3 heteroatoms. The summed E-state index contributed by atoms with van der Waals surface area (Å²) in [5, 5.41) is 7.27. The van der Waals surface area contributed by atoms with E-state index in [9.17, 15) is 0 Å². The molecule has 1 aromatic rings. The molecule has 3 saturated carbocycles. The Morgan fingerprint density at radius 2 is 1.86 bits per heavy atom. The Kier molecular flexibility index (Phi) is 0.905. The number of aromatic amines is 1. The van der Waals surface area contributed by atoms with Gasteiger partial charge in [-0.15, -0.1) is 0 Å². The smallest absolute Gasteiger partial charge is 0.148 e. The minimum atomic E-state index is 0.693. The highest BCUT2D eigenvalue weighted by molar-refractivity contribution is 5.52. The van der Waals surface area contributed by atoms with E-state index in [-0.39, 0.29) is 0 Å². The number of hydrogen-bond donors (Lipinski definition) is 2. The predicted molar refractivity (Wildman–Crippen MR) is 53.8 cm³/mol. The molecule has 0 bridgehead atoms. The number of nitrogen functional groups attached to an aromatic ring is 1. The summed E-state index contributed by atoms with van der Waals surface area (Å²) in [6, 6.07) is 0. The average Bonchev–Trinajstić information content (AvgIpc) is 3.06. The van der Waals surface area contributed by atoms with Gasteiger partial charge in [0.2, 0.25) is 0 Å². The van der Waals surface area contributed by atoms with Crippen LogP contribution in [0.15, 0.2) is 0 Å². The summed E-state index contributed by atoms with van der Waals surface area (Å²) in [5.74, 6) is 1.47. The van der Waals surface area contributed by atoms with E-state index in [1.165, 1.54) is 36.9 Å². The van der Waals surface area contributed by atoms with Gasteiger partial charge in [0.05, 0.1) is 0 Å². The topological polar surface area (TPSA) is 54.7 Å². The highest BCUT2D eigenvalue weighted by Crippen LogP contribution is 2.95. The number of nitrogens with zero attached hydrogens (tertiary/aromatic N) is 1. The van der Waals surface area contributed by atoms with Gasteiger partial charge in [0.15, 0.2) is 0 Å². The van der Waals surface area contributed by atoms with E-state index in [4.69, 9.17) is 5.73 Å². The lowest BCUT2D eigenvalue weighted by Crippen LogP contribution is -1.89. The highest BCUT2D eigenvalue weighted by atomic mass is 15.2. The largest absolute Gasteiger partial charge is 0.382 e. The third-order valence-corrected chi connectivity index (χ3v) is 4.96. The third-order valence-electron chi connectivity index (χ3n) is 4.96. The normalized spacial score (nSPS) is 29.8. The molecule has 0 aliphatic heterocycles. The van der Waals surface area contributed by atoms with Crippen LogP contribution in [0, 0.1) is 17.8 Å². The van der Waals surface area contributed by atoms with Gasteiger partial charge in [-0.25, -0.2) is 0 Å². The quantitative estimate of drug-likeness (QED) is 0.709. The van der Waals surface area contributed by atoms with Crippen LogP contribution in [0.1, 0.15) is 42.9 Å². The second-order valence-corrected chi connectivity index (χ2v) is 5.39. The summed E-state index contributed by atoms with van der Waals surface area (Å²) in [7, 11) is 0. The van der Waals surface area contributed by atoms with E-state index in [2.05, 4.69) is 17.1 Å². The van der Waals surface area contributed by atoms with Crippen LogP contribution < -0.4 is 5.73 Å². The zero-order chi connectivity index (χ0) is 9.55. The fraction of sp³-hybridized carbons (Fsp3) is 0.727. The molecule has 0 radical (unpaired) electrons. The second-order valence-electron chi connectivity index (χ2n) is 5.39. The van der Waals surface area contributed by atoms with E-state index in [1.807, 2.05) is 0 Å². The van der Waals surface area contributed by atoms with Crippen LogP contribution in [0.5, 0.6) is 0 Å². The SMILES string of the molecule is Cc1c(N)n[nH]c1C1C2(CC2)C12CC2. The van der Waals surface area contributed by atoms with Gasteiger partial charge in [0.1, 0.15) is 5.82 Å². The molecule has 3 N–H and O–H groups in total. The van der Waals surface area contributed by atoms with E-state index in [0.717, 1.165) is 5.92 Å². The van der Waals surface area contributed by atoms with Gasteiger partial charge >= 0.3 is 0 Å². The number of nitrogens with two attached hydrogens (primary N) is 1. The van der Waals surface area contributed by atoms with Crippen LogP contribution in [0.2, 0.25) is 0 Å². The molecule has 1 aromatic heterocycles. The Morgan fingerprint density at radius 1 is 1.29 bits per heavy atom. The Labute approximate surface area is 83.1 Å². The molecule has 3 nitrogen and oxygen atoms in total. The van der Waals surface area contributed by atoms with Crippen molar-refractivity contribution in [2.75, 3.05) is 5.73 Å². The minimum absolute atomic E-state index is 0.693. The molecule has 3 aliphatic rings. The van der Waals surface area contributed by atoms with Crippen LogP contribution >= 0.6 is 0 Å². The highest BCUT2D eigenvalue weighted by Gasteiger charge is 2.87. The summed E-state index contributed by atoms with van der Waals surface area (Å²) in [4.78, 5) is 0. The van der Waals surface area contributed by atoms with E-state index in [1.54, 1.807) is 0 Å². The lowest BCUT2D eigenvalue weighted by molar-refractivity contribution is 0.716. The second kappa shape index (κ2) is 1.73.